The normalized spacial score (nSPS) is 12.5. The lowest BCUT2D eigenvalue weighted by molar-refractivity contribution is 1.27. The lowest BCUT2D eigenvalue weighted by Crippen LogP contribution is -1.90. The number of nitrogens with zero attached hydrogens (tertiary/aromatic N) is 2. The maximum atomic E-state index is 4.66. The average molecular weight is 431 g/mol. The molecule has 4 aromatic carbocycles. The van der Waals surface area contributed by atoms with Crippen LogP contribution in [-0.2, 0) is 0 Å². The molecule has 144 valence electrons. The number of benzene rings is 4. The Kier molecular flexibility index (Phi) is 2.94. The zero-order chi connectivity index (χ0) is 20.1. The molecule has 0 radical (unpaired) electrons. The summed E-state index contributed by atoms with van der Waals surface area (Å²) < 4.78 is 7.74. The van der Waals surface area contributed by atoms with E-state index < -0.39 is 0 Å². The molecule has 4 aromatic heterocycles. The van der Waals surface area contributed by atoms with E-state index in [-0.39, 0.29) is 0 Å². The molecule has 0 unspecified atom stereocenters. The second kappa shape index (κ2) is 5.61. The number of fused-ring (bicyclic) bond motifs is 14. The van der Waals surface area contributed by atoms with Gasteiger partial charge in [-0.25, -0.2) is 4.98 Å². The second-order valence-corrected chi connectivity index (χ2v) is 10.1. The molecule has 4 heterocycles. The van der Waals surface area contributed by atoms with E-state index in [1.807, 2.05) is 28.9 Å². The van der Waals surface area contributed by atoms with Crippen molar-refractivity contribution in [2.45, 2.75) is 0 Å². The first-order chi connectivity index (χ1) is 15.4. The van der Waals surface area contributed by atoms with Crippen LogP contribution in [0.5, 0.6) is 0 Å². The SMILES string of the molecule is c1ccc2c(c1)sc1c2ccc2c1sc1ccc3c(c4ccccc4c4nccn34)c12. The van der Waals surface area contributed by atoms with Gasteiger partial charge in [0.15, 0.2) is 0 Å². The largest absolute Gasteiger partial charge is 0.299 e. The van der Waals surface area contributed by atoms with Crippen LogP contribution < -0.4 is 0 Å². The third-order valence-electron chi connectivity index (χ3n) is 6.47. The molecule has 0 N–H and O–H groups in total. The zero-order valence-corrected chi connectivity index (χ0v) is 17.9. The molecule has 4 heteroatoms. The number of pyridine rings is 1. The molecule has 2 nitrogen and oxygen atoms in total. The fraction of sp³-hybridized carbons (Fsp3) is 0. The number of imidazole rings is 1. The van der Waals surface area contributed by atoms with Crippen LogP contribution in [0.3, 0.4) is 0 Å². The van der Waals surface area contributed by atoms with Gasteiger partial charge in [-0.2, -0.15) is 0 Å². The Morgan fingerprint density at radius 3 is 2.26 bits per heavy atom. The van der Waals surface area contributed by atoms with Crippen LogP contribution in [0.25, 0.3) is 67.7 Å². The minimum atomic E-state index is 1.02. The maximum Gasteiger partial charge on any atom is 0.145 e. The number of thiophene rings is 2. The van der Waals surface area contributed by atoms with Gasteiger partial charge in [0.2, 0.25) is 0 Å². The third kappa shape index (κ3) is 1.95. The van der Waals surface area contributed by atoms with Gasteiger partial charge in [0.1, 0.15) is 5.65 Å². The summed E-state index contributed by atoms with van der Waals surface area (Å²) in [6.07, 6.45) is 3.98. The van der Waals surface area contributed by atoms with E-state index in [0.717, 1.165) is 5.65 Å². The highest BCUT2D eigenvalue weighted by Crippen LogP contribution is 2.47. The number of rotatable bonds is 0. The molecule has 0 spiro atoms. The van der Waals surface area contributed by atoms with Crippen LogP contribution in [0.2, 0.25) is 0 Å². The molecule has 0 saturated carbocycles. The van der Waals surface area contributed by atoms with Crippen LogP contribution in [0, 0.1) is 0 Å². The van der Waals surface area contributed by atoms with E-state index in [0.29, 0.717) is 0 Å². The minimum Gasteiger partial charge on any atom is -0.299 e. The number of aromatic nitrogens is 2. The van der Waals surface area contributed by atoms with Crippen molar-refractivity contribution in [3.8, 4) is 0 Å². The van der Waals surface area contributed by atoms with E-state index in [4.69, 9.17) is 0 Å². The molecule has 0 bridgehead atoms. The molecule has 0 aliphatic heterocycles. The molecule has 0 fully saturated rings. The predicted molar refractivity (Wildman–Crippen MR) is 136 cm³/mol. The predicted octanol–water partition coefficient (Wildman–Crippen LogP) is 8.38. The van der Waals surface area contributed by atoms with Crippen molar-refractivity contribution in [1.82, 2.24) is 9.38 Å². The quantitative estimate of drug-likeness (QED) is 0.221. The topological polar surface area (TPSA) is 17.3 Å². The summed E-state index contributed by atoms with van der Waals surface area (Å²) in [6, 6.07) is 26.6. The zero-order valence-electron chi connectivity index (χ0n) is 16.3. The molecule has 8 rings (SSSR count). The molecule has 0 atom stereocenters. The summed E-state index contributed by atoms with van der Waals surface area (Å²) in [6.45, 7) is 0. The van der Waals surface area contributed by atoms with Crippen molar-refractivity contribution in [2.75, 3.05) is 0 Å². The summed E-state index contributed by atoms with van der Waals surface area (Å²) >= 11 is 3.84. The van der Waals surface area contributed by atoms with Gasteiger partial charge in [0, 0.05) is 54.1 Å². The summed E-state index contributed by atoms with van der Waals surface area (Å²) in [5.41, 5.74) is 2.24. The fourth-order valence-corrected chi connectivity index (χ4v) is 7.71. The number of hydrogen-bond acceptors (Lipinski definition) is 3. The van der Waals surface area contributed by atoms with Crippen molar-refractivity contribution in [3.05, 3.63) is 85.2 Å². The van der Waals surface area contributed by atoms with Crippen molar-refractivity contribution in [2.24, 2.45) is 0 Å². The first-order valence-corrected chi connectivity index (χ1v) is 11.9. The molecule has 0 aliphatic rings. The highest BCUT2D eigenvalue weighted by molar-refractivity contribution is 7.33. The summed E-state index contributed by atoms with van der Waals surface area (Å²) in [5, 5.41) is 9.25. The summed E-state index contributed by atoms with van der Waals surface area (Å²) in [5.74, 6) is 0. The Morgan fingerprint density at radius 1 is 0.581 bits per heavy atom. The van der Waals surface area contributed by atoms with Gasteiger partial charge in [0.25, 0.3) is 0 Å². The second-order valence-electron chi connectivity index (χ2n) is 8.02. The van der Waals surface area contributed by atoms with Crippen molar-refractivity contribution >= 4 is 90.3 Å². The third-order valence-corrected chi connectivity index (χ3v) is 8.99. The Morgan fingerprint density at radius 2 is 1.32 bits per heavy atom. The molecule has 0 saturated heterocycles. The highest BCUT2D eigenvalue weighted by Gasteiger charge is 2.17. The van der Waals surface area contributed by atoms with Gasteiger partial charge >= 0.3 is 0 Å². The van der Waals surface area contributed by atoms with Crippen molar-refractivity contribution in [1.29, 1.82) is 0 Å². The highest BCUT2D eigenvalue weighted by atomic mass is 32.1. The lowest BCUT2D eigenvalue weighted by atomic mass is 10.0. The standard InChI is InChI=1S/C27H14N2S2/c1-2-7-18-16(6-1)23-20(29-14-13-28-27(18)29)11-12-22-24(23)19-10-9-17-15-5-3-4-8-21(15)30-25(17)26(19)31-22/h1-14H. The minimum absolute atomic E-state index is 1.02. The van der Waals surface area contributed by atoms with Gasteiger partial charge in [-0.3, -0.25) is 4.40 Å². The Labute approximate surface area is 184 Å². The molecule has 8 aromatic rings. The fourth-order valence-electron chi connectivity index (χ4n) is 5.16. The summed E-state index contributed by atoms with van der Waals surface area (Å²) in [7, 11) is 0. The Bertz CT molecular complexity index is 2000. The van der Waals surface area contributed by atoms with Crippen LogP contribution in [0.15, 0.2) is 85.2 Å². The molecule has 31 heavy (non-hydrogen) atoms. The van der Waals surface area contributed by atoms with Gasteiger partial charge in [-0.1, -0.05) is 54.6 Å². The smallest absolute Gasteiger partial charge is 0.145 e. The monoisotopic (exact) mass is 430 g/mol. The van der Waals surface area contributed by atoms with Crippen molar-refractivity contribution in [3.63, 3.8) is 0 Å². The summed E-state index contributed by atoms with van der Waals surface area (Å²) in [4.78, 5) is 4.66. The first kappa shape index (κ1) is 16.3. The Hall–Kier alpha value is -3.47. The molecular weight excluding hydrogens is 416 g/mol. The van der Waals surface area contributed by atoms with Crippen LogP contribution in [-0.4, -0.2) is 9.38 Å². The van der Waals surface area contributed by atoms with E-state index in [1.165, 1.54) is 62.0 Å². The lowest BCUT2D eigenvalue weighted by Gasteiger charge is -2.09. The van der Waals surface area contributed by atoms with Gasteiger partial charge < -0.3 is 0 Å². The van der Waals surface area contributed by atoms with Crippen LogP contribution >= 0.6 is 22.7 Å². The molecular formula is C27H14N2S2. The van der Waals surface area contributed by atoms with E-state index >= 15 is 0 Å². The van der Waals surface area contributed by atoms with Gasteiger partial charge in [0.05, 0.1) is 14.9 Å². The van der Waals surface area contributed by atoms with Crippen molar-refractivity contribution < 1.29 is 0 Å². The molecule has 0 aliphatic carbocycles. The van der Waals surface area contributed by atoms with Crippen LogP contribution in [0.1, 0.15) is 0 Å². The van der Waals surface area contributed by atoms with E-state index in [9.17, 15) is 0 Å². The first-order valence-electron chi connectivity index (χ1n) is 10.3. The van der Waals surface area contributed by atoms with Gasteiger partial charge in [-0.15, -0.1) is 22.7 Å². The average Bonchev–Trinajstić information content (AvgIpc) is 3.53. The van der Waals surface area contributed by atoms with Crippen LogP contribution in [0.4, 0.5) is 0 Å². The van der Waals surface area contributed by atoms with Gasteiger partial charge in [-0.05, 0) is 23.6 Å². The number of hydrogen-bond donors (Lipinski definition) is 0. The Balaban J connectivity index is 1.68. The van der Waals surface area contributed by atoms with E-state index in [1.54, 1.807) is 0 Å². The molecule has 0 amide bonds. The maximum absolute atomic E-state index is 4.66. The van der Waals surface area contributed by atoms with E-state index in [2.05, 4.69) is 88.4 Å².